The third-order valence-electron chi connectivity index (χ3n) is 5.88. The Morgan fingerprint density at radius 1 is 0.919 bits per heavy atom. The number of aryl methyl sites for hydroxylation is 2. The van der Waals surface area contributed by atoms with E-state index < -0.39 is 0 Å². The molecule has 0 atom stereocenters. The van der Waals surface area contributed by atoms with E-state index >= 15 is 0 Å². The number of aromatic nitrogens is 4. The minimum atomic E-state index is -0.317. The number of fused-ring (bicyclic) bond motifs is 1. The lowest BCUT2D eigenvalue weighted by Crippen LogP contribution is -2.31. The molecular formula is C27H24N6O4. The number of hydrogen-bond donors (Lipinski definition) is 1. The minimum absolute atomic E-state index is 0.169. The molecule has 0 saturated carbocycles. The second-order valence-corrected chi connectivity index (χ2v) is 8.65. The summed E-state index contributed by atoms with van der Waals surface area (Å²) in [7, 11) is 0. The van der Waals surface area contributed by atoms with Crippen LogP contribution in [0.4, 0.5) is 5.69 Å². The first kappa shape index (κ1) is 23.9. The number of imide groups is 1. The predicted molar refractivity (Wildman–Crippen MR) is 135 cm³/mol. The van der Waals surface area contributed by atoms with Gasteiger partial charge in [-0.15, -0.1) is 10.2 Å². The van der Waals surface area contributed by atoms with Crippen LogP contribution in [0.15, 0.2) is 66.7 Å². The van der Waals surface area contributed by atoms with Crippen LogP contribution in [0.1, 0.15) is 44.9 Å². The number of nitrogens with zero attached hydrogens (tertiary/aromatic N) is 5. The van der Waals surface area contributed by atoms with Gasteiger partial charge in [0.25, 0.3) is 11.8 Å². The number of hydrogen-bond acceptors (Lipinski definition) is 7. The van der Waals surface area contributed by atoms with Gasteiger partial charge in [-0.05, 0) is 68.8 Å². The molecule has 2 aromatic heterocycles. The molecule has 0 radical (unpaired) electrons. The highest BCUT2D eigenvalue weighted by molar-refractivity contribution is 6.21. The number of carbonyl (C=O) groups is 3. The van der Waals surface area contributed by atoms with Crippen LogP contribution in [0.5, 0.6) is 11.6 Å². The van der Waals surface area contributed by atoms with E-state index in [9.17, 15) is 14.4 Å². The van der Waals surface area contributed by atoms with E-state index in [2.05, 4.69) is 20.6 Å². The van der Waals surface area contributed by atoms with E-state index in [1.165, 1.54) is 4.90 Å². The van der Waals surface area contributed by atoms with E-state index in [1.54, 1.807) is 65.3 Å². The second kappa shape index (κ2) is 10.0. The summed E-state index contributed by atoms with van der Waals surface area (Å²) in [6.45, 7) is 4.05. The molecule has 2 aromatic carbocycles. The summed E-state index contributed by atoms with van der Waals surface area (Å²) in [6, 6.07) is 19.0. The Bertz CT molecular complexity index is 1440. The monoisotopic (exact) mass is 496 g/mol. The number of nitrogens with one attached hydrogen (secondary N) is 1. The molecule has 0 bridgehead atoms. The highest BCUT2D eigenvalue weighted by atomic mass is 16.5. The van der Waals surface area contributed by atoms with Gasteiger partial charge in [0.2, 0.25) is 11.8 Å². The molecule has 10 nitrogen and oxygen atoms in total. The summed E-state index contributed by atoms with van der Waals surface area (Å²) in [4.78, 5) is 38.4. The number of ether oxygens (including phenoxy) is 1. The van der Waals surface area contributed by atoms with Crippen molar-refractivity contribution in [2.24, 2.45) is 0 Å². The maximum Gasteiger partial charge on any atom is 0.261 e. The fraction of sp³-hybridized carbons (Fsp3) is 0.185. The second-order valence-electron chi connectivity index (χ2n) is 8.65. The molecular weight excluding hydrogens is 472 g/mol. The molecule has 3 heterocycles. The summed E-state index contributed by atoms with van der Waals surface area (Å²) in [5.74, 6) is 0.618. The van der Waals surface area contributed by atoms with Crippen molar-refractivity contribution in [3.63, 3.8) is 0 Å². The Morgan fingerprint density at radius 2 is 1.62 bits per heavy atom. The summed E-state index contributed by atoms with van der Waals surface area (Å²) in [5.41, 5.74) is 3.27. The van der Waals surface area contributed by atoms with Crippen molar-refractivity contribution in [3.05, 3.63) is 89.2 Å². The van der Waals surface area contributed by atoms with Gasteiger partial charge in [-0.25, -0.2) is 4.68 Å². The zero-order chi connectivity index (χ0) is 25.9. The Hall–Kier alpha value is -4.86. The molecule has 4 aromatic rings. The average Bonchev–Trinajstić information content (AvgIpc) is 3.36. The SMILES string of the molecule is Cc1cc(C)n(-c2ccc(Oc3ccc(NC(=O)CCCN4C(=O)c5ccccc5C4=O)cc3)nn2)n1. The van der Waals surface area contributed by atoms with Crippen LogP contribution < -0.4 is 10.1 Å². The Kier molecular flexibility index (Phi) is 6.46. The van der Waals surface area contributed by atoms with Gasteiger partial charge in [0.1, 0.15) is 5.75 Å². The van der Waals surface area contributed by atoms with Crippen LogP contribution in [0, 0.1) is 13.8 Å². The molecule has 3 amide bonds. The van der Waals surface area contributed by atoms with Crippen molar-refractivity contribution in [2.45, 2.75) is 26.7 Å². The molecule has 0 aliphatic carbocycles. The fourth-order valence-corrected chi connectivity index (χ4v) is 4.13. The van der Waals surface area contributed by atoms with Crippen molar-refractivity contribution in [2.75, 3.05) is 11.9 Å². The number of anilines is 1. The Balaban J connectivity index is 1.10. The van der Waals surface area contributed by atoms with Crippen LogP contribution in [-0.2, 0) is 4.79 Å². The molecule has 1 N–H and O–H groups in total. The predicted octanol–water partition coefficient (Wildman–Crippen LogP) is 4.09. The number of carbonyl (C=O) groups excluding carboxylic acids is 3. The number of benzene rings is 2. The molecule has 186 valence electrons. The van der Waals surface area contributed by atoms with Crippen molar-refractivity contribution < 1.29 is 19.1 Å². The minimum Gasteiger partial charge on any atom is -0.438 e. The van der Waals surface area contributed by atoms with E-state index in [0.29, 0.717) is 40.7 Å². The Labute approximate surface area is 212 Å². The van der Waals surface area contributed by atoms with Gasteiger partial charge < -0.3 is 10.1 Å². The van der Waals surface area contributed by atoms with Crippen LogP contribution in [0.3, 0.4) is 0 Å². The highest BCUT2D eigenvalue weighted by Crippen LogP contribution is 2.24. The van der Waals surface area contributed by atoms with Crippen molar-refractivity contribution in [1.29, 1.82) is 0 Å². The number of amides is 3. The van der Waals surface area contributed by atoms with Crippen molar-refractivity contribution >= 4 is 23.4 Å². The first-order valence-electron chi connectivity index (χ1n) is 11.8. The molecule has 1 aliphatic heterocycles. The van der Waals surface area contributed by atoms with Crippen LogP contribution in [0.2, 0.25) is 0 Å². The molecule has 10 heteroatoms. The summed E-state index contributed by atoms with van der Waals surface area (Å²) in [5, 5.41) is 15.5. The third-order valence-corrected chi connectivity index (χ3v) is 5.88. The van der Waals surface area contributed by atoms with Crippen LogP contribution >= 0.6 is 0 Å². The average molecular weight is 497 g/mol. The smallest absolute Gasteiger partial charge is 0.261 e. The van der Waals surface area contributed by atoms with Gasteiger partial charge >= 0.3 is 0 Å². The lowest BCUT2D eigenvalue weighted by atomic mass is 10.1. The Morgan fingerprint density at radius 3 is 2.22 bits per heavy atom. The molecule has 0 saturated heterocycles. The van der Waals surface area contributed by atoms with Gasteiger partial charge in [-0.3, -0.25) is 19.3 Å². The highest BCUT2D eigenvalue weighted by Gasteiger charge is 2.34. The van der Waals surface area contributed by atoms with Crippen molar-refractivity contribution in [1.82, 2.24) is 24.9 Å². The summed E-state index contributed by atoms with van der Waals surface area (Å²) >= 11 is 0. The van der Waals surface area contributed by atoms with Crippen LogP contribution in [-0.4, -0.2) is 49.1 Å². The zero-order valence-electron chi connectivity index (χ0n) is 20.3. The largest absolute Gasteiger partial charge is 0.438 e. The van der Waals surface area contributed by atoms with E-state index in [4.69, 9.17) is 4.74 Å². The van der Waals surface area contributed by atoms with E-state index in [-0.39, 0.29) is 30.7 Å². The lowest BCUT2D eigenvalue weighted by Gasteiger charge is -2.13. The van der Waals surface area contributed by atoms with E-state index in [0.717, 1.165) is 11.4 Å². The summed E-state index contributed by atoms with van der Waals surface area (Å²) < 4.78 is 7.46. The molecule has 0 spiro atoms. The zero-order valence-corrected chi connectivity index (χ0v) is 20.3. The maximum atomic E-state index is 12.4. The molecule has 0 unspecified atom stereocenters. The normalized spacial score (nSPS) is 12.5. The van der Waals surface area contributed by atoms with Gasteiger partial charge in [0.05, 0.1) is 16.8 Å². The molecule has 1 aliphatic rings. The topological polar surface area (TPSA) is 119 Å². The molecule has 0 fully saturated rings. The van der Waals surface area contributed by atoms with E-state index in [1.807, 2.05) is 19.9 Å². The van der Waals surface area contributed by atoms with Gasteiger partial charge in [-0.2, -0.15) is 5.10 Å². The third kappa shape index (κ3) is 5.08. The lowest BCUT2D eigenvalue weighted by molar-refractivity contribution is -0.116. The molecule has 5 rings (SSSR count). The number of rotatable bonds is 8. The maximum absolute atomic E-state index is 12.4. The fourth-order valence-electron chi connectivity index (χ4n) is 4.13. The first-order valence-corrected chi connectivity index (χ1v) is 11.8. The van der Waals surface area contributed by atoms with Crippen LogP contribution in [0.25, 0.3) is 5.82 Å². The first-order chi connectivity index (χ1) is 17.9. The van der Waals surface area contributed by atoms with Gasteiger partial charge in [-0.1, -0.05) is 12.1 Å². The quantitative estimate of drug-likeness (QED) is 0.365. The van der Waals surface area contributed by atoms with Gasteiger partial charge in [0, 0.05) is 30.4 Å². The summed E-state index contributed by atoms with van der Waals surface area (Å²) in [6.07, 6.45) is 0.535. The van der Waals surface area contributed by atoms with Crippen molar-refractivity contribution in [3.8, 4) is 17.4 Å². The molecule has 37 heavy (non-hydrogen) atoms. The van der Waals surface area contributed by atoms with Gasteiger partial charge in [0.15, 0.2) is 5.82 Å². The standard InChI is InChI=1S/C27H24N6O4/c1-17-16-18(2)33(31-17)23-13-14-25(30-29-23)37-20-11-9-19(10-12-20)28-24(34)8-5-15-32-26(35)21-6-3-4-7-22(21)27(32)36/h3-4,6-7,9-14,16H,5,8,15H2,1-2H3,(H,28,34).